The predicted molar refractivity (Wildman–Crippen MR) is 166 cm³/mol. The molecule has 41 heavy (non-hydrogen) atoms. The van der Waals surface area contributed by atoms with Gasteiger partial charge in [0.25, 0.3) is 11.1 Å². The van der Waals surface area contributed by atoms with Crippen molar-refractivity contribution in [3.8, 4) is 5.75 Å². The molecule has 0 radical (unpaired) electrons. The minimum absolute atomic E-state index is 0.228. The number of thioether (sulfide) groups is 1. The molecule has 2 heterocycles. The molecule has 12 heteroatoms. The van der Waals surface area contributed by atoms with Gasteiger partial charge >= 0.3 is 0 Å². The van der Waals surface area contributed by atoms with Crippen molar-refractivity contribution < 1.29 is 23.9 Å². The van der Waals surface area contributed by atoms with Gasteiger partial charge in [-0.05, 0) is 87.9 Å². The highest BCUT2D eigenvalue weighted by atomic mass is 79.9. The van der Waals surface area contributed by atoms with Gasteiger partial charge in [0.05, 0.1) is 22.6 Å². The van der Waals surface area contributed by atoms with E-state index in [-0.39, 0.29) is 18.1 Å². The lowest BCUT2D eigenvalue weighted by Crippen LogP contribution is -2.36. The lowest BCUT2D eigenvalue weighted by molar-refractivity contribution is -0.127. The third-order valence-electron chi connectivity index (χ3n) is 6.35. The average molecular weight is 677 g/mol. The molecule has 2 aliphatic heterocycles. The number of nitrogens with one attached hydrogen (secondary N) is 1. The summed E-state index contributed by atoms with van der Waals surface area (Å²) in [7, 11) is 0. The maximum absolute atomic E-state index is 13.0. The minimum Gasteiger partial charge on any atom is -0.488 e. The van der Waals surface area contributed by atoms with Crippen LogP contribution in [0.3, 0.4) is 0 Å². The number of hydrogen-bond acceptors (Lipinski definition) is 7. The quantitative estimate of drug-likeness (QED) is 0.261. The Morgan fingerprint density at radius 2 is 1.80 bits per heavy atom. The first-order chi connectivity index (χ1) is 19.8. The smallest absolute Gasteiger partial charge is 0.294 e. The van der Waals surface area contributed by atoms with E-state index in [4.69, 9.17) is 32.7 Å². The molecule has 3 amide bonds. The molecule has 3 aromatic carbocycles. The summed E-state index contributed by atoms with van der Waals surface area (Å²) in [5.74, 6) is -0.403. The fourth-order valence-electron chi connectivity index (χ4n) is 4.23. The summed E-state index contributed by atoms with van der Waals surface area (Å²) in [4.78, 5) is 41.5. The van der Waals surface area contributed by atoms with Gasteiger partial charge in [-0.2, -0.15) is 0 Å². The fourth-order valence-corrected chi connectivity index (χ4v) is 6.04. The number of ether oxygens (including phenoxy) is 2. The molecule has 0 aromatic heterocycles. The molecule has 0 unspecified atom stereocenters. The second-order valence-corrected chi connectivity index (χ2v) is 11.9. The number of benzene rings is 3. The van der Waals surface area contributed by atoms with Crippen molar-refractivity contribution in [2.45, 2.75) is 6.61 Å². The van der Waals surface area contributed by atoms with Crippen LogP contribution in [0.4, 0.5) is 16.2 Å². The van der Waals surface area contributed by atoms with Crippen molar-refractivity contribution in [2.75, 3.05) is 43.1 Å². The normalized spacial score (nSPS) is 16.4. The number of halogens is 3. The molecule has 2 fully saturated rings. The Morgan fingerprint density at radius 1 is 1.05 bits per heavy atom. The van der Waals surface area contributed by atoms with E-state index in [1.807, 2.05) is 12.1 Å². The number of rotatable bonds is 8. The number of carbonyl (C=O) groups excluding carboxylic acids is 3. The zero-order chi connectivity index (χ0) is 28.9. The lowest BCUT2D eigenvalue weighted by Gasteiger charge is -2.28. The molecule has 0 saturated carbocycles. The molecule has 0 spiro atoms. The van der Waals surface area contributed by atoms with Crippen LogP contribution in [0.25, 0.3) is 6.08 Å². The van der Waals surface area contributed by atoms with E-state index in [1.165, 1.54) is 0 Å². The monoisotopic (exact) mass is 675 g/mol. The number of hydrogen-bond donors (Lipinski definition) is 1. The van der Waals surface area contributed by atoms with Gasteiger partial charge in [0, 0.05) is 40.1 Å². The van der Waals surface area contributed by atoms with E-state index in [2.05, 4.69) is 26.1 Å². The Morgan fingerprint density at radius 3 is 2.51 bits per heavy atom. The zero-order valence-electron chi connectivity index (χ0n) is 21.6. The molecule has 0 aliphatic carbocycles. The minimum atomic E-state index is -0.522. The number of imide groups is 1. The Bertz CT molecular complexity index is 1510. The molecule has 3 aromatic rings. The van der Waals surface area contributed by atoms with Crippen molar-refractivity contribution in [2.24, 2.45) is 0 Å². The topological polar surface area (TPSA) is 88.2 Å². The Balaban J connectivity index is 1.17. The first-order valence-corrected chi connectivity index (χ1v) is 15.0. The van der Waals surface area contributed by atoms with Crippen LogP contribution in [-0.2, 0) is 20.9 Å². The van der Waals surface area contributed by atoms with Crippen LogP contribution in [0.15, 0.2) is 70.0 Å². The van der Waals surface area contributed by atoms with E-state index in [0.717, 1.165) is 41.0 Å². The van der Waals surface area contributed by atoms with E-state index in [1.54, 1.807) is 54.6 Å². The fraction of sp³-hybridized carbons (Fsp3) is 0.207. The molecule has 2 saturated heterocycles. The largest absolute Gasteiger partial charge is 0.488 e. The molecular formula is C29H24BrCl2N3O5S. The molecule has 2 aliphatic rings. The van der Waals surface area contributed by atoms with E-state index in [9.17, 15) is 14.4 Å². The predicted octanol–water partition coefficient (Wildman–Crippen LogP) is 6.85. The third kappa shape index (κ3) is 7.44. The number of amides is 3. The van der Waals surface area contributed by atoms with Crippen molar-refractivity contribution in [1.82, 2.24) is 4.90 Å². The molecule has 5 rings (SSSR count). The first-order valence-electron chi connectivity index (χ1n) is 12.6. The van der Waals surface area contributed by atoms with Gasteiger partial charge in [-0.3, -0.25) is 19.3 Å². The summed E-state index contributed by atoms with van der Waals surface area (Å²) in [6, 6.07) is 17.9. The highest BCUT2D eigenvalue weighted by molar-refractivity contribution is 9.10. The van der Waals surface area contributed by atoms with Crippen molar-refractivity contribution >= 4 is 85.4 Å². The van der Waals surface area contributed by atoms with Crippen LogP contribution in [0.1, 0.15) is 11.1 Å². The summed E-state index contributed by atoms with van der Waals surface area (Å²) in [5, 5.41) is 3.31. The Hall–Kier alpha value is -3.02. The zero-order valence-corrected chi connectivity index (χ0v) is 25.5. The van der Waals surface area contributed by atoms with Crippen LogP contribution in [0.2, 0.25) is 10.0 Å². The van der Waals surface area contributed by atoms with Crippen LogP contribution in [0, 0.1) is 0 Å². The van der Waals surface area contributed by atoms with Gasteiger partial charge in [-0.15, -0.1) is 0 Å². The third-order valence-corrected chi connectivity index (χ3v) is 8.47. The molecular weight excluding hydrogens is 653 g/mol. The van der Waals surface area contributed by atoms with E-state index < -0.39 is 17.1 Å². The summed E-state index contributed by atoms with van der Waals surface area (Å²) >= 11 is 16.5. The standard InChI is InChI=1S/C29H24BrCl2N3O5S/c30-23-13-18(1-8-25(23)40-17-19-2-3-20(31)15-24(19)32)14-26-28(37)35(29(38)41-26)16-27(36)33-21-4-6-22(7-5-21)34-9-11-39-12-10-34/h1-8,13-15H,9-12,16-17H2,(H,33,36)/b26-14+. The Labute approximate surface area is 259 Å². The highest BCUT2D eigenvalue weighted by Gasteiger charge is 2.36. The van der Waals surface area contributed by atoms with Gasteiger partial charge in [-0.25, -0.2) is 0 Å². The lowest BCUT2D eigenvalue weighted by atomic mass is 10.2. The van der Waals surface area contributed by atoms with Crippen LogP contribution in [-0.4, -0.2) is 54.8 Å². The maximum Gasteiger partial charge on any atom is 0.294 e. The highest BCUT2D eigenvalue weighted by Crippen LogP contribution is 2.34. The van der Waals surface area contributed by atoms with Gasteiger partial charge in [0.2, 0.25) is 5.91 Å². The molecule has 1 N–H and O–H groups in total. The summed E-state index contributed by atoms with van der Waals surface area (Å²) in [6.45, 7) is 2.86. The SMILES string of the molecule is O=C(CN1C(=O)S/C(=C/c2ccc(OCc3ccc(Cl)cc3Cl)c(Br)c2)C1=O)Nc1ccc(N2CCOCC2)cc1. The van der Waals surface area contributed by atoms with E-state index in [0.29, 0.717) is 44.7 Å². The molecule has 212 valence electrons. The number of anilines is 2. The maximum atomic E-state index is 13.0. The van der Waals surface area contributed by atoms with Crippen LogP contribution < -0.4 is 15.0 Å². The first kappa shape index (κ1) is 29.5. The van der Waals surface area contributed by atoms with E-state index >= 15 is 0 Å². The Kier molecular flexibility index (Phi) is 9.57. The number of carbonyl (C=O) groups is 3. The molecule has 8 nitrogen and oxygen atoms in total. The van der Waals surface area contributed by atoms with Gasteiger partial charge in [0.15, 0.2) is 0 Å². The average Bonchev–Trinajstić information content (AvgIpc) is 3.21. The second kappa shape index (κ2) is 13.3. The van der Waals surface area contributed by atoms with Gasteiger partial charge in [-0.1, -0.05) is 35.3 Å². The van der Waals surface area contributed by atoms with Gasteiger partial charge < -0.3 is 19.7 Å². The summed E-state index contributed by atoms with van der Waals surface area (Å²) in [5.41, 5.74) is 3.10. The number of nitrogens with zero attached hydrogens (tertiary/aromatic N) is 2. The van der Waals surface area contributed by atoms with Gasteiger partial charge in [0.1, 0.15) is 18.9 Å². The molecule has 0 atom stereocenters. The van der Waals surface area contributed by atoms with Crippen molar-refractivity contribution in [3.63, 3.8) is 0 Å². The second-order valence-electron chi connectivity index (χ2n) is 9.18. The summed E-state index contributed by atoms with van der Waals surface area (Å²) in [6.07, 6.45) is 1.61. The number of morpholine rings is 1. The van der Waals surface area contributed by atoms with Crippen LogP contribution >= 0.6 is 50.9 Å². The van der Waals surface area contributed by atoms with Crippen LogP contribution in [0.5, 0.6) is 5.75 Å². The van der Waals surface area contributed by atoms with Crippen molar-refractivity contribution in [1.29, 1.82) is 0 Å². The summed E-state index contributed by atoms with van der Waals surface area (Å²) < 4.78 is 11.9. The van der Waals surface area contributed by atoms with Crippen molar-refractivity contribution in [3.05, 3.63) is 91.2 Å². The molecule has 0 bridgehead atoms.